The van der Waals surface area contributed by atoms with Crippen LogP contribution in [0.4, 0.5) is 15.8 Å². The molecular weight excluding hydrogens is 457 g/mol. The zero-order valence-corrected chi connectivity index (χ0v) is 19.0. The number of H-pyrrole nitrogens is 1. The standard InChI is InChI=1S/C24H26FN5O5/c25-19-6-5-16(15-20(19)27-22(32)7-9-29-11-13-35-14-12-29)26-21(31)8-10-30-24(34)18-4-2-1-3-17(18)23(33)28-30/h1-6,15H,7-14H2,(H,26,31)(H,27,32)(H,28,33). The number of halogens is 1. The number of hydrogen-bond donors (Lipinski definition) is 3. The summed E-state index contributed by atoms with van der Waals surface area (Å²) in [6.07, 6.45) is 0.0988. The van der Waals surface area contributed by atoms with Crippen molar-refractivity contribution in [3.63, 3.8) is 0 Å². The summed E-state index contributed by atoms with van der Waals surface area (Å²) in [5, 5.41) is 8.19. The third kappa shape index (κ3) is 6.19. The number of aromatic nitrogens is 2. The Bertz CT molecular complexity index is 1350. The molecule has 1 fully saturated rings. The molecule has 3 N–H and O–H groups in total. The van der Waals surface area contributed by atoms with Crippen LogP contribution < -0.4 is 21.8 Å². The number of benzene rings is 2. The molecule has 35 heavy (non-hydrogen) atoms. The van der Waals surface area contributed by atoms with Gasteiger partial charge in [0.25, 0.3) is 11.1 Å². The van der Waals surface area contributed by atoms with E-state index in [2.05, 4.69) is 20.6 Å². The van der Waals surface area contributed by atoms with Gasteiger partial charge in [-0.05, 0) is 30.3 Å². The van der Waals surface area contributed by atoms with E-state index in [0.29, 0.717) is 25.4 Å². The highest BCUT2D eigenvalue weighted by Crippen LogP contribution is 2.20. The Hall–Kier alpha value is -3.83. The molecule has 0 unspecified atom stereocenters. The van der Waals surface area contributed by atoms with Gasteiger partial charge in [0.05, 0.1) is 36.2 Å². The van der Waals surface area contributed by atoms with Gasteiger partial charge >= 0.3 is 0 Å². The van der Waals surface area contributed by atoms with Crippen LogP contribution in [0.1, 0.15) is 12.8 Å². The molecule has 1 aliphatic rings. The Labute approximate surface area is 199 Å². The lowest BCUT2D eigenvalue weighted by Crippen LogP contribution is -2.38. The van der Waals surface area contributed by atoms with Gasteiger partial charge in [0.1, 0.15) is 5.82 Å². The van der Waals surface area contributed by atoms with Crippen LogP contribution in [0.15, 0.2) is 52.1 Å². The number of ether oxygens (including phenoxy) is 1. The average molecular weight is 484 g/mol. The lowest BCUT2D eigenvalue weighted by molar-refractivity contribution is -0.117. The molecule has 1 saturated heterocycles. The molecule has 2 aromatic carbocycles. The maximum absolute atomic E-state index is 14.2. The van der Waals surface area contributed by atoms with Gasteiger partial charge in [-0.25, -0.2) is 9.07 Å². The van der Waals surface area contributed by atoms with Crippen LogP contribution in [0.25, 0.3) is 10.8 Å². The third-order valence-electron chi connectivity index (χ3n) is 5.73. The van der Waals surface area contributed by atoms with Crippen molar-refractivity contribution in [2.45, 2.75) is 19.4 Å². The van der Waals surface area contributed by atoms with Crippen LogP contribution >= 0.6 is 0 Å². The summed E-state index contributed by atoms with van der Waals surface area (Å²) in [6, 6.07) is 10.3. The summed E-state index contributed by atoms with van der Waals surface area (Å²) in [5.74, 6) is -1.40. The number of nitrogens with one attached hydrogen (secondary N) is 3. The van der Waals surface area contributed by atoms with Crippen molar-refractivity contribution in [3.8, 4) is 0 Å². The van der Waals surface area contributed by atoms with Crippen molar-refractivity contribution in [3.05, 3.63) is 69.0 Å². The summed E-state index contributed by atoms with van der Waals surface area (Å²) < 4.78 is 20.6. The zero-order valence-electron chi connectivity index (χ0n) is 19.0. The average Bonchev–Trinajstić information content (AvgIpc) is 2.87. The first kappa shape index (κ1) is 24.3. The minimum absolute atomic E-state index is 0.0372. The van der Waals surface area contributed by atoms with Crippen molar-refractivity contribution >= 4 is 34.0 Å². The van der Waals surface area contributed by atoms with E-state index in [0.717, 1.165) is 23.8 Å². The molecule has 2 heterocycles. The Balaban J connectivity index is 1.34. The monoisotopic (exact) mass is 483 g/mol. The lowest BCUT2D eigenvalue weighted by Gasteiger charge is -2.26. The van der Waals surface area contributed by atoms with Crippen LogP contribution in [-0.2, 0) is 20.9 Å². The highest BCUT2D eigenvalue weighted by atomic mass is 19.1. The summed E-state index contributed by atoms with van der Waals surface area (Å²) in [5.41, 5.74) is -0.575. The van der Waals surface area contributed by atoms with Gasteiger partial charge in [0.2, 0.25) is 11.8 Å². The van der Waals surface area contributed by atoms with Gasteiger partial charge in [-0.1, -0.05) is 12.1 Å². The van der Waals surface area contributed by atoms with Crippen molar-refractivity contribution in [2.24, 2.45) is 0 Å². The first-order valence-corrected chi connectivity index (χ1v) is 11.3. The van der Waals surface area contributed by atoms with E-state index >= 15 is 0 Å². The number of aromatic amines is 1. The third-order valence-corrected chi connectivity index (χ3v) is 5.73. The summed E-state index contributed by atoms with van der Waals surface area (Å²) in [6.45, 7) is 3.26. The number of amides is 2. The summed E-state index contributed by atoms with van der Waals surface area (Å²) in [4.78, 5) is 51.5. The number of fused-ring (bicyclic) bond motifs is 1. The Kier molecular flexibility index (Phi) is 7.68. The number of carbonyl (C=O) groups is 2. The van der Waals surface area contributed by atoms with Crippen LogP contribution in [0.3, 0.4) is 0 Å². The topological polar surface area (TPSA) is 126 Å². The predicted molar refractivity (Wildman–Crippen MR) is 129 cm³/mol. The van der Waals surface area contributed by atoms with Gasteiger partial charge in [0, 0.05) is 38.2 Å². The number of carbonyl (C=O) groups excluding carboxylic acids is 2. The molecule has 10 nitrogen and oxygen atoms in total. The molecule has 0 aliphatic carbocycles. The van der Waals surface area contributed by atoms with Crippen molar-refractivity contribution in [1.82, 2.24) is 14.7 Å². The molecule has 0 radical (unpaired) electrons. The van der Waals surface area contributed by atoms with E-state index in [1.165, 1.54) is 12.1 Å². The van der Waals surface area contributed by atoms with E-state index in [9.17, 15) is 23.6 Å². The van der Waals surface area contributed by atoms with E-state index in [1.54, 1.807) is 24.3 Å². The highest BCUT2D eigenvalue weighted by Gasteiger charge is 2.14. The second kappa shape index (κ2) is 11.1. The number of morpholine rings is 1. The number of rotatable bonds is 8. The molecule has 184 valence electrons. The Morgan fingerprint density at radius 2 is 1.63 bits per heavy atom. The number of aryl methyl sites for hydroxylation is 1. The summed E-state index contributed by atoms with van der Waals surface area (Å²) >= 11 is 0. The second-order valence-electron chi connectivity index (χ2n) is 8.19. The van der Waals surface area contributed by atoms with Gasteiger partial charge in [0.15, 0.2) is 0 Å². The van der Waals surface area contributed by atoms with Gasteiger partial charge in [-0.15, -0.1) is 0 Å². The highest BCUT2D eigenvalue weighted by molar-refractivity contribution is 5.94. The SMILES string of the molecule is O=C(CCn1[nH]c(=O)c2ccccc2c1=O)Nc1ccc(F)c(NC(=O)CCN2CCOCC2)c1. The van der Waals surface area contributed by atoms with Crippen molar-refractivity contribution < 1.29 is 18.7 Å². The molecule has 2 amide bonds. The van der Waals surface area contributed by atoms with Crippen LogP contribution in [0.5, 0.6) is 0 Å². The van der Waals surface area contributed by atoms with E-state index in [-0.39, 0.29) is 41.8 Å². The first-order valence-electron chi connectivity index (χ1n) is 11.3. The maximum atomic E-state index is 14.2. The van der Waals surface area contributed by atoms with E-state index < -0.39 is 22.8 Å². The van der Waals surface area contributed by atoms with Crippen LogP contribution in [-0.4, -0.2) is 59.3 Å². The summed E-state index contributed by atoms with van der Waals surface area (Å²) in [7, 11) is 0. The Morgan fingerprint density at radius 1 is 0.943 bits per heavy atom. The van der Waals surface area contributed by atoms with Gasteiger partial charge in [-0.3, -0.25) is 29.2 Å². The molecule has 4 rings (SSSR count). The first-order chi connectivity index (χ1) is 16.9. The molecule has 11 heteroatoms. The van der Waals surface area contributed by atoms with Gasteiger partial charge < -0.3 is 15.4 Å². The predicted octanol–water partition coefficient (Wildman–Crippen LogP) is 1.52. The second-order valence-corrected chi connectivity index (χ2v) is 8.19. The van der Waals surface area contributed by atoms with Crippen LogP contribution in [0, 0.1) is 5.82 Å². The molecule has 0 saturated carbocycles. The Morgan fingerprint density at radius 3 is 2.40 bits per heavy atom. The largest absolute Gasteiger partial charge is 0.379 e. The van der Waals surface area contributed by atoms with Crippen molar-refractivity contribution in [1.29, 1.82) is 0 Å². The van der Waals surface area contributed by atoms with E-state index in [1.807, 2.05) is 0 Å². The smallest absolute Gasteiger partial charge is 0.273 e. The van der Waals surface area contributed by atoms with E-state index in [4.69, 9.17) is 4.74 Å². The maximum Gasteiger partial charge on any atom is 0.273 e. The molecular formula is C24H26FN5O5. The molecule has 1 aromatic heterocycles. The number of anilines is 2. The molecule has 1 aliphatic heterocycles. The van der Waals surface area contributed by atoms with Crippen LogP contribution in [0.2, 0.25) is 0 Å². The molecule has 0 atom stereocenters. The fourth-order valence-electron chi connectivity index (χ4n) is 3.84. The minimum atomic E-state index is -0.622. The molecule has 3 aromatic rings. The normalized spacial score (nSPS) is 14.1. The zero-order chi connectivity index (χ0) is 24.8. The minimum Gasteiger partial charge on any atom is -0.379 e. The molecule has 0 spiro atoms. The van der Waals surface area contributed by atoms with Gasteiger partial charge in [-0.2, -0.15) is 0 Å². The van der Waals surface area contributed by atoms with Crippen molar-refractivity contribution in [2.75, 3.05) is 43.5 Å². The lowest BCUT2D eigenvalue weighted by atomic mass is 10.2. The fraction of sp³-hybridized carbons (Fsp3) is 0.333. The number of hydrogen-bond acceptors (Lipinski definition) is 6. The molecule has 0 bridgehead atoms. The quantitative estimate of drug-likeness (QED) is 0.446. The fourth-order valence-corrected chi connectivity index (χ4v) is 3.84. The number of nitrogens with zero attached hydrogens (tertiary/aromatic N) is 2.